The smallest absolute Gasteiger partial charge is 0.141 e. The molecule has 0 spiro atoms. The molecular formula is C13H16ClFN2. The molecule has 0 amide bonds. The third-order valence-electron chi connectivity index (χ3n) is 2.40. The summed E-state index contributed by atoms with van der Waals surface area (Å²) >= 11 is 5.71. The molecule has 0 bridgehead atoms. The minimum Gasteiger partial charge on any atom is -0.301 e. The first-order chi connectivity index (χ1) is 7.84. The van der Waals surface area contributed by atoms with Crippen molar-refractivity contribution in [3.63, 3.8) is 0 Å². The second-order valence-electron chi connectivity index (χ2n) is 4.92. The van der Waals surface area contributed by atoms with Crippen molar-refractivity contribution in [1.82, 2.24) is 4.90 Å². The molecule has 0 fully saturated rings. The highest BCUT2D eigenvalue weighted by Gasteiger charge is 2.19. The minimum absolute atomic E-state index is 0.135. The molecule has 0 saturated heterocycles. The molecule has 0 saturated carbocycles. The fourth-order valence-electron chi connectivity index (χ4n) is 1.72. The van der Waals surface area contributed by atoms with Gasteiger partial charge in [-0.05, 0) is 38.6 Å². The van der Waals surface area contributed by atoms with Crippen LogP contribution < -0.4 is 0 Å². The predicted molar refractivity (Wildman–Crippen MR) is 67.1 cm³/mol. The molecule has 17 heavy (non-hydrogen) atoms. The second-order valence-corrected chi connectivity index (χ2v) is 5.32. The highest BCUT2D eigenvalue weighted by Crippen LogP contribution is 2.19. The Kier molecular flexibility index (Phi) is 4.50. The van der Waals surface area contributed by atoms with Crippen LogP contribution in [0.2, 0.25) is 5.02 Å². The van der Waals surface area contributed by atoms with Crippen molar-refractivity contribution in [3.8, 4) is 6.07 Å². The highest BCUT2D eigenvalue weighted by molar-refractivity contribution is 6.30. The summed E-state index contributed by atoms with van der Waals surface area (Å²) in [5.74, 6) is -0.407. The number of hydrogen-bond acceptors (Lipinski definition) is 2. The van der Waals surface area contributed by atoms with Gasteiger partial charge in [-0.3, -0.25) is 0 Å². The number of hydrogen-bond donors (Lipinski definition) is 0. The van der Waals surface area contributed by atoms with Crippen molar-refractivity contribution < 1.29 is 4.39 Å². The molecule has 0 aromatic heterocycles. The van der Waals surface area contributed by atoms with Crippen molar-refractivity contribution in [2.75, 3.05) is 13.6 Å². The predicted octanol–water partition coefficient (Wildman–Crippen LogP) is 3.46. The zero-order chi connectivity index (χ0) is 13.1. The lowest BCUT2D eigenvalue weighted by atomic mass is 9.95. The first kappa shape index (κ1) is 14.0. The van der Waals surface area contributed by atoms with Gasteiger partial charge >= 0.3 is 0 Å². The fourth-order valence-corrected chi connectivity index (χ4v) is 1.92. The molecule has 1 aromatic rings. The summed E-state index contributed by atoms with van der Waals surface area (Å²) in [6.07, 6.45) is 0. The first-order valence-corrected chi connectivity index (χ1v) is 5.75. The third-order valence-corrected chi connectivity index (χ3v) is 2.69. The maximum Gasteiger partial charge on any atom is 0.141 e. The van der Waals surface area contributed by atoms with Crippen molar-refractivity contribution in [1.29, 1.82) is 5.26 Å². The van der Waals surface area contributed by atoms with E-state index in [0.29, 0.717) is 13.1 Å². The van der Waals surface area contributed by atoms with Crippen LogP contribution in [0.5, 0.6) is 0 Å². The van der Waals surface area contributed by atoms with E-state index in [9.17, 15) is 4.39 Å². The number of nitriles is 1. The van der Waals surface area contributed by atoms with E-state index in [1.165, 1.54) is 6.07 Å². The lowest BCUT2D eigenvalue weighted by Crippen LogP contribution is -2.29. The van der Waals surface area contributed by atoms with Crippen molar-refractivity contribution in [2.45, 2.75) is 20.4 Å². The summed E-state index contributed by atoms with van der Waals surface area (Å²) < 4.78 is 13.0. The van der Waals surface area contributed by atoms with Gasteiger partial charge in [-0.2, -0.15) is 5.26 Å². The fraction of sp³-hybridized carbons (Fsp3) is 0.462. The molecule has 0 unspecified atom stereocenters. The Hall–Kier alpha value is -1.11. The quantitative estimate of drug-likeness (QED) is 0.823. The van der Waals surface area contributed by atoms with E-state index in [-0.39, 0.29) is 5.02 Å². The van der Waals surface area contributed by atoms with Crippen LogP contribution in [0.3, 0.4) is 0 Å². The van der Waals surface area contributed by atoms with E-state index < -0.39 is 11.2 Å². The van der Waals surface area contributed by atoms with Crippen LogP contribution in [0, 0.1) is 22.6 Å². The molecule has 0 radical (unpaired) electrons. The van der Waals surface area contributed by atoms with Crippen molar-refractivity contribution >= 4 is 11.6 Å². The van der Waals surface area contributed by atoms with E-state index >= 15 is 0 Å². The average Bonchev–Trinajstić information content (AvgIpc) is 2.23. The number of rotatable bonds is 4. The molecule has 1 aromatic carbocycles. The number of benzene rings is 1. The molecule has 0 N–H and O–H groups in total. The van der Waals surface area contributed by atoms with Crippen LogP contribution in [-0.4, -0.2) is 18.5 Å². The lowest BCUT2D eigenvalue weighted by Gasteiger charge is -2.24. The van der Waals surface area contributed by atoms with Gasteiger partial charge in [0.05, 0.1) is 16.5 Å². The molecule has 1 rings (SSSR count). The maximum atomic E-state index is 13.0. The van der Waals surface area contributed by atoms with Crippen LogP contribution in [-0.2, 0) is 6.54 Å². The standard InChI is InChI=1S/C13H16ClFN2/c1-13(2,8-16)9-17(3)7-10-4-5-12(15)11(14)6-10/h4-6H,7,9H2,1-3H3. The summed E-state index contributed by atoms with van der Waals surface area (Å²) in [6, 6.07) is 6.94. The van der Waals surface area contributed by atoms with Gasteiger partial charge in [0.25, 0.3) is 0 Å². The second kappa shape index (κ2) is 5.48. The Bertz CT molecular complexity index is 438. The van der Waals surface area contributed by atoms with E-state index in [2.05, 4.69) is 6.07 Å². The van der Waals surface area contributed by atoms with Crippen molar-refractivity contribution in [3.05, 3.63) is 34.6 Å². The van der Waals surface area contributed by atoms with E-state index in [1.807, 2.05) is 25.8 Å². The summed E-state index contributed by atoms with van der Waals surface area (Å²) in [5, 5.41) is 9.08. The number of halogens is 2. The van der Waals surface area contributed by atoms with Gasteiger partial charge < -0.3 is 4.90 Å². The Morgan fingerprint density at radius 3 is 2.65 bits per heavy atom. The maximum absolute atomic E-state index is 13.0. The number of nitrogens with zero attached hydrogens (tertiary/aromatic N) is 2. The third kappa shape index (κ3) is 4.33. The van der Waals surface area contributed by atoms with Gasteiger partial charge in [-0.25, -0.2) is 4.39 Å². The van der Waals surface area contributed by atoms with Gasteiger partial charge in [-0.1, -0.05) is 17.7 Å². The Morgan fingerprint density at radius 2 is 2.12 bits per heavy atom. The molecule has 0 aliphatic heterocycles. The summed E-state index contributed by atoms with van der Waals surface area (Å²) in [7, 11) is 1.93. The van der Waals surface area contributed by atoms with Crippen LogP contribution >= 0.6 is 11.6 Å². The van der Waals surface area contributed by atoms with Crippen LogP contribution in [0.4, 0.5) is 4.39 Å². The zero-order valence-corrected chi connectivity index (χ0v) is 11.1. The lowest BCUT2D eigenvalue weighted by molar-refractivity contribution is 0.248. The molecule has 2 nitrogen and oxygen atoms in total. The molecule has 92 valence electrons. The minimum atomic E-state index is -0.407. The monoisotopic (exact) mass is 254 g/mol. The van der Waals surface area contributed by atoms with E-state index in [4.69, 9.17) is 16.9 Å². The van der Waals surface area contributed by atoms with Gasteiger partial charge in [0.15, 0.2) is 0 Å². The van der Waals surface area contributed by atoms with E-state index in [0.717, 1.165) is 5.56 Å². The van der Waals surface area contributed by atoms with Gasteiger partial charge in [0.1, 0.15) is 5.82 Å². The van der Waals surface area contributed by atoms with Crippen LogP contribution in [0.25, 0.3) is 0 Å². The topological polar surface area (TPSA) is 27.0 Å². The average molecular weight is 255 g/mol. The Labute approximate surface area is 107 Å². The molecule has 0 heterocycles. The molecule has 0 aliphatic rings. The van der Waals surface area contributed by atoms with Gasteiger partial charge in [-0.15, -0.1) is 0 Å². The largest absolute Gasteiger partial charge is 0.301 e. The molecular weight excluding hydrogens is 239 g/mol. The summed E-state index contributed by atoms with van der Waals surface area (Å²) in [5.41, 5.74) is 0.547. The molecule has 4 heteroatoms. The van der Waals surface area contributed by atoms with Crippen LogP contribution in [0.15, 0.2) is 18.2 Å². The Balaban J connectivity index is 2.66. The Morgan fingerprint density at radius 1 is 1.47 bits per heavy atom. The summed E-state index contributed by atoms with van der Waals surface area (Å²) in [6.45, 7) is 5.08. The SMILES string of the molecule is CN(Cc1ccc(F)c(Cl)c1)CC(C)(C)C#N. The molecule has 0 aliphatic carbocycles. The first-order valence-electron chi connectivity index (χ1n) is 5.38. The summed E-state index contributed by atoms with van der Waals surface area (Å²) in [4.78, 5) is 2.02. The normalized spacial score (nSPS) is 11.6. The molecule has 0 atom stereocenters. The zero-order valence-electron chi connectivity index (χ0n) is 10.3. The van der Waals surface area contributed by atoms with Gasteiger partial charge in [0.2, 0.25) is 0 Å². The highest BCUT2D eigenvalue weighted by atomic mass is 35.5. The van der Waals surface area contributed by atoms with Crippen LogP contribution in [0.1, 0.15) is 19.4 Å². The van der Waals surface area contributed by atoms with E-state index in [1.54, 1.807) is 12.1 Å². The van der Waals surface area contributed by atoms with Crippen molar-refractivity contribution in [2.24, 2.45) is 5.41 Å². The van der Waals surface area contributed by atoms with Gasteiger partial charge in [0, 0.05) is 13.1 Å².